The third kappa shape index (κ3) is 4.26. The van der Waals surface area contributed by atoms with Gasteiger partial charge in [-0.2, -0.15) is 0 Å². The van der Waals surface area contributed by atoms with E-state index < -0.39 is 0 Å². The standard InChI is InChI=1S/C15H21BrFNO/c1-18-12(7-8-13-5-3-9-19-13)10-11-4-2-6-14(17)15(11)16/h2,4,6,12-13,18H,3,5,7-10H2,1H3. The highest BCUT2D eigenvalue weighted by atomic mass is 79.9. The predicted molar refractivity (Wildman–Crippen MR) is 78.9 cm³/mol. The summed E-state index contributed by atoms with van der Waals surface area (Å²) in [6.45, 7) is 0.907. The summed E-state index contributed by atoms with van der Waals surface area (Å²) in [5.41, 5.74) is 1.02. The number of nitrogens with one attached hydrogen (secondary N) is 1. The van der Waals surface area contributed by atoms with Crippen LogP contribution in [0, 0.1) is 5.82 Å². The lowest BCUT2D eigenvalue weighted by atomic mass is 9.99. The van der Waals surface area contributed by atoms with Gasteiger partial charge in [-0.15, -0.1) is 0 Å². The summed E-state index contributed by atoms with van der Waals surface area (Å²) >= 11 is 3.33. The van der Waals surface area contributed by atoms with Crippen molar-refractivity contribution in [3.63, 3.8) is 0 Å². The molecule has 0 aromatic heterocycles. The molecule has 4 heteroatoms. The molecular formula is C15H21BrFNO. The van der Waals surface area contributed by atoms with Gasteiger partial charge in [0.2, 0.25) is 0 Å². The second kappa shape index (κ2) is 7.36. The van der Waals surface area contributed by atoms with Crippen molar-refractivity contribution >= 4 is 15.9 Å². The number of hydrogen-bond acceptors (Lipinski definition) is 2. The lowest BCUT2D eigenvalue weighted by Crippen LogP contribution is -2.29. The molecule has 0 radical (unpaired) electrons. The fourth-order valence-electron chi connectivity index (χ4n) is 2.58. The number of likely N-dealkylation sites (N-methyl/N-ethyl adjacent to an activating group) is 1. The first-order chi connectivity index (χ1) is 9.20. The molecule has 1 aliphatic heterocycles. The van der Waals surface area contributed by atoms with Gasteiger partial charge in [-0.25, -0.2) is 4.39 Å². The van der Waals surface area contributed by atoms with Gasteiger partial charge in [-0.05, 0) is 66.7 Å². The van der Waals surface area contributed by atoms with Crippen molar-refractivity contribution in [1.29, 1.82) is 0 Å². The first-order valence-corrected chi connectivity index (χ1v) is 7.71. The fourth-order valence-corrected chi connectivity index (χ4v) is 3.01. The summed E-state index contributed by atoms with van der Waals surface area (Å²) in [4.78, 5) is 0. The van der Waals surface area contributed by atoms with E-state index >= 15 is 0 Å². The lowest BCUT2D eigenvalue weighted by Gasteiger charge is -2.19. The van der Waals surface area contributed by atoms with Crippen molar-refractivity contribution in [2.75, 3.05) is 13.7 Å². The van der Waals surface area contributed by atoms with E-state index in [4.69, 9.17) is 4.74 Å². The van der Waals surface area contributed by atoms with E-state index in [1.807, 2.05) is 13.1 Å². The van der Waals surface area contributed by atoms with Gasteiger partial charge >= 0.3 is 0 Å². The van der Waals surface area contributed by atoms with Crippen LogP contribution in [-0.2, 0) is 11.2 Å². The van der Waals surface area contributed by atoms with E-state index in [0.717, 1.165) is 31.4 Å². The molecule has 1 aliphatic rings. The number of rotatable bonds is 6. The van der Waals surface area contributed by atoms with Gasteiger partial charge in [-0.1, -0.05) is 12.1 Å². The Morgan fingerprint density at radius 2 is 2.37 bits per heavy atom. The Kier molecular flexibility index (Phi) is 5.79. The monoisotopic (exact) mass is 329 g/mol. The molecule has 2 unspecified atom stereocenters. The van der Waals surface area contributed by atoms with Crippen LogP contribution >= 0.6 is 15.9 Å². The molecule has 0 amide bonds. The van der Waals surface area contributed by atoms with Crippen molar-refractivity contribution < 1.29 is 9.13 Å². The van der Waals surface area contributed by atoms with Crippen LogP contribution in [0.3, 0.4) is 0 Å². The average Bonchev–Trinajstić information content (AvgIpc) is 2.92. The topological polar surface area (TPSA) is 21.3 Å². The molecule has 19 heavy (non-hydrogen) atoms. The number of benzene rings is 1. The highest BCUT2D eigenvalue weighted by Crippen LogP contribution is 2.23. The molecule has 106 valence electrons. The number of ether oxygens (including phenoxy) is 1. The van der Waals surface area contributed by atoms with Crippen LogP contribution in [0.1, 0.15) is 31.2 Å². The molecule has 1 aromatic rings. The van der Waals surface area contributed by atoms with Gasteiger partial charge < -0.3 is 10.1 Å². The summed E-state index contributed by atoms with van der Waals surface area (Å²) < 4.78 is 19.7. The molecule has 1 saturated heterocycles. The van der Waals surface area contributed by atoms with Gasteiger partial charge in [-0.3, -0.25) is 0 Å². The zero-order valence-electron chi connectivity index (χ0n) is 11.3. The summed E-state index contributed by atoms with van der Waals surface area (Å²) in [6.07, 6.45) is 5.76. The van der Waals surface area contributed by atoms with Crippen LogP contribution in [-0.4, -0.2) is 25.8 Å². The van der Waals surface area contributed by atoms with Gasteiger partial charge in [0.1, 0.15) is 5.82 Å². The Hall–Kier alpha value is -0.450. The zero-order chi connectivity index (χ0) is 13.7. The highest BCUT2D eigenvalue weighted by Gasteiger charge is 2.18. The van der Waals surface area contributed by atoms with E-state index in [0.29, 0.717) is 16.6 Å². The molecule has 1 aromatic carbocycles. The van der Waals surface area contributed by atoms with Crippen LogP contribution in [0.25, 0.3) is 0 Å². The molecule has 1 fully saturated rings. The number of hydrogen-bond donors (Lipinski definition) is 1. The Labute approximate surface area is 122 Å². The summed E-state index contributed by atoms with van der Waals surface area (Å²) in [6, 6.07) is 5.59. The van der Waals surface area contributed by atoms with Crippen LogP contribution in [0.5, 0.6) is 0 Å². The first-order valence-electron chi connectivity index (χ1n) is 6.92. The third-order valence-electron chi connectivity index (χ3n) is 3.77. The highest BCUT2D eigenvalue weighted by molar-refractivity contribution is 9.10. The average molecular weight is 330 g/mol. The van der Waals surface area contributed by atoms with E-state index in [1.54, 1.807) is 6.07 Å². The molecule has 2 rings (SSSR count). The molecule has 2 nitrogen and oxygen atoms in total. The molecule has 1 heterocycles. The smallest absolute Gasteiger partial charge is 0.137 e. The number of halogens is 2. The molecule has 0 bridgehead atoms. The van der Waals surface area contributed by atoms with Gasteiger partial charge in [0.15, 0.2) is 0 Å². The largest absolute Gasteiger partial charge is 0.378 e. The quantitative estimate of drug-likeness (QED) is 0.859. The normalized spacial score (nSPS) is 20.7. The van der Waals surface area contributed by atoms with Crippen molar-refractivity contribution in [2.24, 2.45) is 0 Å². The molecule has 0 aliphatic carbocycles. The first kappa shape index (κ1) is 14.9. The van der Waals surface area contributed by atoms with Crippen LogP contribution in [0.15, 0.2) is 22.7 Å². The minimum Gasteiger partial charge on any atom is -0.378 e. The predicted octanol–water partition coefficient (Wildman–Crippen LogP) is 3.68. The van der Waals surface area contributed by atoms with Crippen molar-refractivity contribution in [3.8, 4) is 0 Å². The van der Waals surface area contributed by atoms with Crippen molar-refractivity contribution in [1.82, 2.24) is 5.32 Å². The Morgan fingerprint density at radius 1 is 1.53 bits per heavy atom. The molecule has 0 saturated carbocycles. The molecule has 1 N–H and O–H groups in total. The van der Waals surface area contributed by atoms with E-state index in [1.165, 1.54) is 18.9 Å². The van der Waals surface area contributed by atoms with E-state index in [-0.39, 0.29) is 5.82 Å². The Bertz CT molecular complexity index is 407. The maximum atomic E-state index is 13.5. The van der Waals surface area contributed by atoms with Gasteiger partial charge in [0.05, 0.1) is 10.6 Å². The summed E-state index contributed by atoms with van der Waals surface area (Å²) in [7, 11) is 1.97. The van der Waals surface area contributed by atoms with Crippen molar-refractivity contribution in [2.45, 2.75) is 44.2 Å². The molecular weight excluding hydrogens is 309 g/mol. The van der Waals surface area contributed by atoms with Crippen LogP contribution in [0.4, 0.5) is 4.39 Å². The van der Waals surface area contributed by atoms with Crippen LogP contribution in [0.2, 0.25) is 0 Å². The zero-order valence-corrected chi connectivity index (χ0v) is 12.9. The third-order valence-corrected chi connectivity index (χ3v) is 4.66. The molecule has 0 spiro atoms. The lowest BCUT2D eigenvalue weighted by molar-refractivity contribution is 0.0998. The SMILES string of the molecule is CNC(CCC1CCCO1)Cc1cccc(F)c1Br. The van der Waals surface area contributed by atoms with E-state index in [2.05, 4.69) is 21.2 Å². The van der Waals surface area contributed by atoms with Gasteiger partial charge in [0.25, 0.3) is 0 Å². The summed E-state index contributed by atoms with van der Waals surface area (Å²) in [5.74, 6) is -0.188. The Balaban J connectivity index is 1.88. The van der Waals surface area contributed by atoms with E-state index in [9.17, 15) is 4.39 Å². The van der Waals surface area contributed by atoms with Gasteiger partial charge in [0, 0.05) is 12.6 Å². The maximum Gasteiger partial charge on any atom is 0.137 e. The van der Waals surface area contributed by atoms with Crippen LogP contribution < -0.4 is 5.32 Å². The maximum absolute atomic E-state index is 13.5. The Morgan fingerprint density at radius 3 is 3.05 bits per heavy atom. The summed E-state index contributed by atoms with van der Waals surface area (Å²) in [5, 5.41) is 3.32. The fraction of sp³-hybridized carbons (Fsp3) is 0.600. The molecule has 2 atom stereocenters. The minimum atomic E-state index is -0.188. The second-order valence-electron chi connectivity index (χ2n) is 5.12. The minimum absolute atomic E-state index is 0.188. The van der Waals surface area contributed by atoms with Crippen molar-refractivity contribution in [3.05, 3.63) is 34.1 Å². The second-order valence-corrected chi connectivity index (χ2v) is 5.91.